The summed E-state index contributed by atoms with van der Waals surface area (Å²) >= 11 is 0. The molecule has 0 saturated carbocycles. The van der Waals surface area contributed by atoms with E-state index in [4.69, 9.17) is 10.4 Å². The zero-order valence-electron chi connectivity index (χ0n) is 21.1. The van der Waals surface area contributed by atoms with E-state index in [9.17, 15) is 9.59 Å². The van der Waals surface area contributed by atoms with Crippen LogP contribution in [0.4, 0.5) is 16.3 Å². The molecular weight excluding hydrogens is 440 g/mol. The Bertz CT molecular complexity index is 1230. The number of carbonyl (C=O) groups is 2. The minimum Gasteiger partial charge on any atom is -0.313 e. The summed E-state index contributed by atoms with van der Waals surface area (Å²) in [6.07, 6.45) is 0. The van der Waals surface area contributed by atoms with Crippen LogP contribution in [0.25, 0.3) is 5.69 Å². The smallest absolute Gasteiger partial charge is 0.313 e. The summed E-state index contributed by atoms with van der Waals surface area (Å²) in [7, 11) is 0. The lowest BCUT2D eigenvalue weighted by molar-refractivity contribution is -0.117. The number of benzene rings is 2. The van der Waals surface area contributed by atoms with Crippen molar-refractivity contribution in [2.45, 2.75) is 53.0 Å². The quantitative estimate of drug-likeness (QED) is 0.513. The second kappa shape index (κ2) is 10.4. The third kappa shape index (κ3) is 6.48. The maximum atomic E-state index is 13.1. The van der Waals surface area contributed by atoms with Crippen LogP contribution in [0.5, 0.6) is 0 Å². The number of rotatable bonds is 6. The van der Waals surface area contributed by atoms with Gasteiger partial charge in [-0.1, -0.05) is 38.5 Å². The number of anilines is 2. The molecule has 2 N–H and O–H groups in total. The molecule has 8 nitrogen and oxygen atoms in total. The average molecular weight is 473 g/mol. The van der Waals surface area contributed by atoms with E-state index in [1.54, 1.807) is 28.9 Å². The van der Waals surface area contributed by atoms with Gasteiger partial charge in [0.15, 0.2) is 0 Å². The number of amides is 3. The zero-order valence-corrected chi connectivity index (χ0v) is 21.1. The Morgan fingerprint density at radius 3 is 2.23 bits per heavy atom. The van der Waals surface area contributed by atoms with E-state index in [0.29, 0.717) is 17.1 Å². The highest BCUT2D eigenvalue weighted by Crippen LogP contribution is 2.26. The fourth-order valence-corrected chi connectivity index (χ4v) is 3.37. The van der Waals surface area contributed by atoms with Crippen molar-refractivity contribution in [1.82, 2.24) is 14.7 Å². The van der Waals surface area contributed by atoms with Gasteiger partial charge in [-0.15, -0.1) is 0 Å². The molecule has 3 rings (SSSR count). The van der Waals surface area contributed by atoms with Gasteiger partial charge in [0.05, 0.1) is 23.0 Å². The number of urea groups is 1. The van der Waals surface area contributed by atoms with E-state index in [-0.39, 0.29) is 23.9 Å². The van der Waals surface area contributed by atoms with E-state index in [1.807, 2.05) is 57.2 Å². The lowest BCUT2D eigenvalue weighted by atomic mass is 9.92. The summed E-state index contributed by atoms with van der Waals surface area (Å²) in [5.41, 5.74) is 3.65. The number of nitrogens with one attached hydrogen (secondary N) is 2. The van der Waals surface area contributed by atoms with Crippen molar-refractivity contribution in [2.75, 3.05) is 17.2 Å². The van der Waals surface area contributed by atoms with Crippen molar-refractivity contribution in [3.8, 4) is 11.8 Å². The predicted molar refractivity (Wildman–Crippen MR) is 138 cm³/mol. The van der Waals surface area contributed by atoms with Crippen LogP contribution in [0.1, 0.15) is 51.4 Å². The largest absolute Gasteiger partial charge is 0.322 e. The molecular formula is C27H32N6O2. The first-order chi connectivity index (χ1) is 16.5. The van der Waals surface area contributed by atoms with Gasteiger partial charge in [0, 0.05) is 23.2 Å². The normalized spacial score (nSPS) is 11.1. The summed E-state index contributed by atoms with van der Waals surface area (Å²) in [5.74, 6) is 0.211. The number of aryl methyl sites for hydroxylation is 1. The van der Waals surface area contributed by atoms with Crippen molar-refractivity contribution in [3.05, 3.63) is 71.4 Å². The Morgan fingerprint density at radius 2 is 1.69 bits per heavy atom. The number of hydrogen-bond acceptors (Lipinski definition) is 4. The van der Waals surface area contributed by atoms with Gasteiger partial charge in [0.1, 0.15) is 12.4 Å². The minimum absolute atomic E-state index is 0.135. The van der Waals surface area contributed by atoms with Gasteiger partial charge in [-0.05, 0) is 57.2 Å². The fourth-order valence-electron chi connectivity index (χ4n) is 3.37. The maximum Gasteiger partial charge on any atom is 0.322 e. The summed E-state index contributed by atoms with van der Waals surface area (Å²) in [6, 6.07) is 17.8. The van der Waals surface area contributed by atoms with Crippen molar-refractivity contribution in [1.29, 1.82) is 5.26 Å². The van der Waals surface area contributed by atoms with E-state index in [0.717, 1.165) is 16.9 Å². The van der Waals surface area contributed by atoms with Crippen LogP contribution < -0.4 is 10.6 Å². The molecule has 1 aromatic heterocycles. The monoisotopic (exact) mass is 472 g/mol. The van der Waals surface area contributed by atoms with Gasteiger partial charge in [-0.25, -0.2) is 9.48 Å². The van der Waals surface area contributed by atoms with Gasteiger partial charge in [0.2, 0.25) is 5.91 Å². The van der Waals surface area contributed by atoms with E-state index in [1.165, 1.54) is 4.90 Å². The Morgan fingerprint density at radius 1 is 1.06 bits per heavy atom. The molecule has 0 aliphatic heterocycles. The van der Waals surface area contributed by atoms with Crippen LogP contribution in [0.2, 0.25) is 0 Å². The third-order valence-corrected chi connectivity index (χ3v) is 5.49. The topological polar surface area (TPSA) is 103 Å². The molecule has 0 bridgehead atoms. The Kier molecular flexibility index (Phi) is 7.60. The number of carbonyl (C=O) groups excluding carboxylic acids is 2. The van der Waals surface area contributed by atoms with Crippen molar-refractivity contribution in [2.24, 2.45) is 0 Å². The summed E-state index contributed by atoms with van der Waals surface area (Å²) in [4.78, 5) is 27.4. The standard InChI is InChI=1S/C27H32N6O2/c1-18(2)32(26(35)29-21-11-9-20(16-28)10-12-21)17-25(34)30-24-15-23(27(4,5)6)31-33(24)22-13-7-19(3)8-14-22/h7-15,18H,17H2,1-6H3,(H,29,35)(H,30,34). The van der Waals surface area contributed by atoms with Crippen molar-refractivity contribution < 1.29 is 9.59 Å². The van der Waals surface area contributed by atoms with Crippen LogP contribution in [-0.2, 0) is 10.2 Å². The fraction of sp³-hybridized carbons (Fsp3) is 0.333. The molecule has 0 radical (unpaired) electrons. The SMILES string of the molecule is Cc1ccc(-n2nc(C(C)(C)C)cc2NC(=O)CN(C(=O)Nc2ccc(C#N)cc2)C(C)C)cc1. The van der Waals surface area contributed by atoms with Gasteiger partial charge in [0.25, 0.3) is 0 Å². The molecule has 1 heterocycles. The van der Waals surface area contributed by atoms with Crippen molar-refractivity contribution >= 4 is 23.4 Å². The first kappa shape index (κ1) is 25.5. The molecule has 0 aliphatic rings. The molecule has 3 amide bonds. The average Bonchev–Trinajstić information content (AvgIpc) is 3.22. The first-order valence-corrected chi connectivity index (χ1v) is 11.5. The summed E-state index contributed by atoms with van der Waals surface area (Å²) in [6.45, 7) is 11.8. The molecule has 182 valence electrons. The number of aromatic nitrogens is 2. The van der Waals surface area contributed by atoms with Gasteiger partial charge < -0.3 is 15.5 Å². The van der Waals surface area contributed by atoms with Crippen LogP contribution >= 0.6 is 0 Å². The molecule has 0 aliphatic carbocycles. The zero-order chi connectivity index (χ0) is 25.8. The Labute approximate surface area is 206 Å². The highest BCUT2D eigenvalue weighted by molar-refractivity contribution is 5.97. The maximum absolute atomic E-state index is 13.1. The van der Waals surface area contributed by atoms with Gasteiger partial charge in [-0.2, -0.15) is 10.4 Å². The van der Waals surface area contributed by atoms with Crippen molar-refractivity contribution in [3.63, 3.8) is 0 Å². The summed E-state index contributed by atoms with van der Waals surface area (Å²) in [5, 5.41) is 19.4. The molecule has 35 heavy (non-hydrogen) atoms. The molecule has 8 heteroatoms. The predicted octanol–water partition coefficient (Wildman–Crippen LogP) is 5.23. The van der Waals surface area contributed by atoms with E-state index >= 15 is 0 Å². The highest BCUT2D eigenvalue weighted by atomic mass is 16.2. The Hall–Kier alpha value is -4.12. The lowest BCUT2D eigenvalue weighted by Gasteiger charge is -2.26. The molecule has 0 spiro atoms. The molecule has 0 unspecified atom stereocenters. The first-order valence-electron chi connectivity index (χ1n) is 11.5. The van der Waals surface area contributed by atoms with E-state index < -0.39 is 6.03 Å². The lowest BCUT2D eigenvalue weighted by Crippen LogP contribution is -2.44. The second-order valence-electron chi connectivity index (χ2n) is 9.80. The van der Waals surface area contributed by atoms with Gasteiger partial charge >= 0.3 is 6.03 Å². The molecule has 3 aromatic rings. The van der Waals surface area contributed by atoms with E-state index in [2.05, 4.69) is 31.4 Å². The van der Waals surface area contributed by atoms with Crippen LogP contribution in [0, 0.1) is 18.3 Å². The molecule has 0 saturated heterocycles. The number of nitrogens with zero attached hydrogens (tertiary/aromatic N) is 4. The van der Waals surface area contributed by atoms with Crippen LogP contribution in [-0.4, -0.2) is 39.2 Å². The number of nitriles is 1. The minimum atomic E-state index is -0.401. The van der Waals surface area contributed by atoms with Crippen LogP contribution in [0.3, 0.4) is 0 Å². The molecule has 0 atom stereocenters. The van der Waals surface area contributed by atoms with Gasteiger partial charge in [-0.3, -0.25) is 4.79 Å². The highest BCUT2D eigenvalue weighted by Gasteiger charge is 2.24. The molecule has 2 aromatic carbocycles. The van der Waals surface area contributed by atoms with Crippen LogP contribution in [0.15, 0.2) is 54.6 Å². The summed E-state index contributed by atoms with van der Waals surface area (Å²) < 4.78 is 1.72. The number of hydrogen-bond donors (Lipinski definition) is 2. The molecule has 0 fully saturated rings. The third-order valence-electron chi connectivity index (χ3n) is 5.49. The Balaban J connectivity index is 1.79. The second-order valence-corrected chi connectivity index (χ2v) is 9.80.